The highest BCUT2D eigenvalue weighted by molar-refractivity contribution is 9.10. The predicted octanol–water partition coefficient (Wildman–Crippen LogP) is 4.28. The Bertz CT molecular complexity index is 366. The lowest BCUT2D eigenvalue weighted by Gasteiger charge is -2.26. The van der Waals surface area contributed by atoms with Crippen LogP contribution in [0.1, 0.15) is 44.6 Å². The highest BCUT2D eigenvalue weighted by Crippen LogP contribution is 2.22. The third-order valence-corrected chi connectivity index (χ3v) is 4.32. The summed E-state index contributed by atoms with van der Waals surface area (Å²) < 4.78 is 7.30. The zero-order valence-corrected chi connectivity index (χ0v) is 13.3. The molecule has 2 unspecified atom stereocenters. The summed E-state index contributed by atoms with van der Waals surface area (Å²) in [6, 6.07) is 8.94. The van der Waals surface area contributed by atoms with Crippen LogP contribution in [0.25, 0.3) is 0 Å². The fourth-order valence-corrected chi connectivity index (χ4v) is 3.02. The molecule has 0 radical (unpaired) electrons. The zero-order chi connectivity index (χ0) is 13.5. The first-order chi connectivity index (χ1) is 9.29. The van der Waals surface area contributed by atoms with Gasteiger partial charge in [-0.05, 0) is 37.1 Å². The van der Waals surface area contributed by atoms with Crippen molar-refractivity contribution in [3.05, 3.63) is 34.3 Å². The van der Waals surface area contributed by atoms with Crippen LogP contribution in [-0.2, 0) is 11.3 Å². The van der Waals surface area contributed by atoms with Crippen molar-refractivity contribution in [2.24, 2.45) is 0 Å². The fraction of sp³-hybridized carbons (Fsp3) is 0.625. The Balaban J connectivity index is 1.89. The van der Waals surface area contributed by atoms with E-state index in [-0.39, 0.29) is 0 Å². The van der Waals surface area contributed by atoms with E-state index in [1.54, 1.807) is 0 Å². The van der Waals surface area contributed by atoms with E-state index in [4.69, 9.17) is 4.74 Å². The molecule has 1 aromatic carbocycles. The number of ether oxygens (including phenoxy) is 1. The van der Waals surface area contributed by atoms with Crippen molar-refractivity contribution in [2.45, 2.75) is 57.8 Å². The molecule has 0 saturated heterocycles. The number of benzene rings is 1. The fourth-order valence-electron chi connectivity index (χ4n) is 2.75. The molecule has 2 nitrogen and oxygen atoms in total. The average Bonchev–Trinajstić information content (AvgIpc) is 2.64. The van der Waals surface area contributed by atoms with Crippen LogP contribution in [0.3, 0.4) is 0 Å². The molecule has 0 amide bonds. The summed E-state index contributed by atoms with van der Waals surface area (Å²) in [6.07, 6.45) is 6.78. The van der Waals surface area contributed by atoms with Crippen LogP contribution in [-0.4, -0.2) is 18.7 Å². The van der Waals surface area contributed by atoms with E-state index in [1.807, 2.05) is 0 Å². The van der Waals surface area contributed by atoms with Gasteiger partial charge < -0.3 is 10.1 Å². The normalized spacial score (nSPS) is 24.1. The summed E-state index contributed by atoms with van der Waals surface area (Å²) in [5, 5.41) is 3.59. The molecule has 3 heteroatoms. The molecule has 0 aliphatic heterocycles. The number of nitrogens with one attached hydrogen (secondary N) is 1. The Morgan fingerprint density at radius 3 is 2.63 bits per heavy atom. The van der Waals surface area contributed by atoms with Gasteiger partial charge in [0.15, 0.2) is 0 Å². The van der Waals surface area contributed by atoms with Crippen molar-refractivity contribution in [3.63, 3.8) is 0 Å². The zero-order valence-electron chi connectivity index (χ0n) is 11.7. The standard InChI is InChI=1S/C16H24BrNO/c1-2-18-15-6-4-3-5-7-16(15)19-12-13-8-10-14(17)11-9-13/h8-11,15-16,18H,2-7,12H2,1H3. The summed E-state index contributed by atoms with van der Waals surface area (Å²) in [5.74, 6) is 0. The Morgan fingerprint density at radius 1 is 1.16 bits per heavy atom. The first-order valence-electron chi connectivity index (χ1n) is 7.39. The summed E-state index contributed by atoms with van der Waals surface area (Å²) in [5.41, 5.74) is 1.25. The molecule has 1 aliphatic rings. The van der Waals surface area contributed by atoms with Crippen LogP contribution < -0.4 is 5.32 Å². The molecule has 0 spiro atoms. The van der Waals surface area contributed by atoms with Gasteiger partial charge in [-0.2, -0.15) is 0 Å². The molecule has 0 bridgehead atoms. The molecule has 19 heavy (non-hydrogen) atoms. The van der Waals surface area contributed by atoms with Gasteiger partial charge in [0.25, 0.3) is 0 Å². The minimum absolute atomic E-state index is 0.367. The van der Waals surface area contributed by atoms with Crippen molar-refractivity contribution < 1.29 is 4.74 Å². The van der Waals surface area contributed by atoms with Crippen LogP contribution >= 0.6 is 15.9 Å². The van der Waals surface area contributed by atoms with Crippen molar-refractivity contribution in [1.29, 1.82) is 0 Å². The smallest absolute Gasteiger partial charge is 0.0732 e. The average molecular weight is 326 g/mol. The van der Waals surface area contributed by atoms with Gasteiger partial charge in [0, 0.05) is 10.5 Å². The van der Waals surface area contributed by atoms with Gasteiger partial charge in [-0.3, -0.25) is 0 Å². The van der Waals surface area contributed by atoms with E-state index in [0.717, 1.165) is 17.6 Å². The number of likely N-dealkylation sites (N-methyl/N-ethyl adjacent to an activating group) is 1. The first kappa shape index (κ1) is 15.0. The van der Waals surface area contributed by atoms with Gasteiger partial charge in [0.1, 0.15) is 0 Å². The maximum atomic E-state index is 6.18. The summed E-state index contributed by atoms with van der Waals surface area (Å²) in [7, 11) is 0. The number of hydrogen-bond acceptors (Lipinski definition) is 2. The molecule has 1 aromatic rings. The molecular weight excluding hydrogens is 302 g/mol. The molecule has 1 saturated carbocycles. The summed E-state index contributed by atoms with van der Waals surface area (Å²) in [4.78, 5) is 0. The Kier molecular flexibility index (Phi) is 6.35. The third kappa shape index (κ3) is 4.90. The highest BCUT2D eigenvalue weighted by atomic mass is 79.9. The molecule has 2 rings (SSSR count). The van der Waals surface area contributed by atoms with E-state index in [9.17, 15) is 0 Å². The lowest BCUT2D eigenvalue weighted by atomic mass is 10.1. The summed E-state index contributed by atoms with van der Waals surface area (Å²) >= 11 is 3.46. The van der Waals surface area contributed by atoms with E-state index in [0.29, 0.717) is 12.1 Å². The van der Waals surface area contributed by atoms with E-state index >= 15 is 0 Å². The molecule has 106 valence electrons. The molecule has 1 aliphatic carbocycles. The minimum Gasteiger partial charge on any atom is -0.372 e. The largest absolute Gasteiger partial charge is 0.372 e. The SMILES string of the molecule is CCNC1CCCCCC1OCc1ccc(Br)cc1. The summed E-state index contributed by atoms with van der Waals surface area (Å²) in [6.45, 7) is 3.93. The first-order valence-corrected chi connectivity index (χ1v) is 8.18. The Hall–Kier alpha value is -0.380. The van der Waals surface area contributed by atoms with Crippen LogP contribution in [0.4, 0.5) is 0 Å². The van der Waals surface area contributed by atoms with Gasteiger partial charge in [-0.1, -0.05) is 54.2 Å². The second kappa shape index (κ2) is 8.03. The van der Waals surface area contributed by atoms with Crippen LogP contribution in [0, 0.1) is 0 Å². The lowest BCUT2D eigenvalue weighted by molar-refractivity contribution is 0.0110. The van der Waals surface area contributed by atoms with E-state index in [2.05, 4.69) is 52.4 Å². The topological polar surface area (TPSA) is 21.3 Å². The monoisotopic (exact) mass is 325 g/mol. The maximum Gasteiger partial charge on any atom is 0.0732 e. The lowest BCUT2D eigenvalue weighted by Crippen LogP contribution is -2.40. The van der Waals surface area contributed by atoms with Gasteiger partial charge >= 0.3 is 0 Å². The Morgan fingerprint density at radius 2 is 1.89 bits per heavy atom. The van der Waals surface area contributed by atoms with Crippen LogP contribution in [0.2, 0.25) is 0 Å². The predicted molar refractivity (Wildman–Crippen MR) is 83.3 cm³/mol. The van der Waals surface area contributed by atoms with Gasteiger partial charge in [-0.25, -0.2) is 0 Å². The number of hydrogen-bond donors (Lipinski definition) is 1. The van der Waals surface area contributed by atoms with Crippen LogP contribution in [0.15, 0.2) is 28.7 Å². The van der Waals surface area contributed by atoms with Crippen molar-refractivity contribution in [1.82, 2.24) is 5.32 Å². The second-order valence-corrected chi connectivity index (χ2v) is 6.19. The van der Waals surface area contributed by atoms with Gasteiger partial charge in [0.2, 0.25) is 0 Å². The van der Waals surface area contributed by atoms with Gasteiger partial charge in [-0.15, -0.1) is 0 Å². The minimum atomic E-state index is 0.367. The number of rotatable bonds is 5. The molecule has 1 fully saturated rings. The molecule has 0 aromatic heterocycles. The number of halogens is 1. The second-order valence-electron chi connectivity index (χ2n) is 5.28. The quantitative estimate of drug-likeness (QED) is 0.816. The maximum absolute atomic E-state index is 6.18. The van der Waals surface area contributed by atoms with E-state index in [1.165, 1.54) is 37.7 Å². The molecule has 0 heterocycles. The van der Waals surface area contributed by atoms with Gasteiger partial charge in [0.05, 0.1) is 12.7 Å². The van der Waals surface area contributed by atoms with Crippen molar-refractivity contribution >= 4 is 15.9 Å². The molecular formula is C16H24BrNO. The Labute approximate surface area is 125 Å². The molecule has 2 atom stereocenters. The van der Waals surface area contributed by atoms with Crippen molar-refractivity contribution in [2.75, 3.05) is 6.54 Å². The third-order valence-electron chi connectivity index (χ3n) is 3.80. The molecule has 1 N–H and O–H groups in total. The highest BCUT2D eigenvalue weighted by Gasteiger charge is 2.23. The van der Waals surface area contributed by atoms with E-state index < -0.39 is 0 Å². The van der Waals surface area contributed by atoms with Crippen LogP contribution in [0.5, 0.6) is 0 Å². The van der Waals surface area contributed by atoms with Crippen molar-refractivity contribution in [3.8, 4) is 0 Å².